The van der Waals surface area contributed by atoms with Gasteiger partial charge in [0.25, 0.3) is 0 Å². The summed E-state index contributed by atoms with van der Waals surface area (Å²) in [6.07, 6.45) is 3.74. The van der Waals surface area contributed by atoms with Crippen LogP contribution in [0.4, 0.5) is 0 Å². The van der Waals surface area contributed by atoms with Gasteiger partial charge in [-0.1, -0.05) is 58.0 Å². The van der Waals surface area contributed by atoms with E-state index in [9.17, 15) is 10.1 Å². The van der Waals surface area contributed by atoms with E-state index in [1.807, 2.05) is 13.0 Å². The van der Waals surface area contributed by atoms with Gasteiger partial charge in [-0.05, 0) is 30.2 Å². The average Bonchev–Trinajstić information content (AvgIpc) is 3.03. The molecule has 0 amide bonds. The maximum atomic E-state index is 12.5. The van der Waals surface area contributed by atoms with Crippen LogP contribution < -0.4 is 0 Å². The lowest BCUT2D eigenvalue weighted by molar-refractivity contribution is -0.121. The molecule has 1 aromatic carbocycles. The fourth-order valence-electron chi connectivity index (χ4n) is 5.12. The Morgan fingerprint density at radius 1 is 1.29 bits per heavy atom. The summed E-state index contributed by atoms with van der Waals surface area (Å²) in [6.45, 7) is 8.50. The van der Waals surface area contributed by atoms with Gasteiger partial charge in [0, 0.05) is 29.6 Å². The Morgan fingerprint density at radius 3 is 2.57 bits per heavy atom. The van der Waals surface area contributed by atoms with Crippen molar-refractivity contribution in [3.63, 3.8) is 0 Å². The summed E-state index contributed by atoms with van der Waals surface area (Å²) in [5.74, 6) is 1.48. The zero-order valence-electron chi connectivity index (χ0n) is 17.3. The van der Waals surface area contributed by atoms with Gasteiger partial charge in [-0.2, -0.15) is 5.26 Å². The molecule has 3 atom stereocenters. The zero-order chi connectivity index (χ0) is 20.2. The van der Waals surface area contributed by atoms with Crippen molar-refractivity contribution >= 4 is 5.78 Å². The van der Waals surface area contributed by atoms with Gasteiger partial charge in [0.05, 0.1) is 11.3 Å². The zero-order valence-corrected chi connectivity index (χ0v) is 17.3. The Balaban J connectivity index is 1.85. The SMILES string of the molecule is CC(C)c1ccc(-c2nc3c(n2C)CC[C@@H]2[C@@H](C)C(=O)C(C#N)=CC32C)cc1. The maximum absolute atomic E-state index is 12.5. The first-order chi connectivity index (χ1) is 13.3. The Bertz CT molecular complexity index is 1020. The van der Waals surface area contributed by atoms with E-state index in [4.69, 9.17) is 4.98 Å². The van der Waals surface area contributed by atoms with Crippen LogP contribution in [0.15, 0.2) is 35.9 Å². The minimum atomic E-state index is -0.375. The predicted octanol–water partition coefficient (Wildman–Crippen LogP) is 4.70. The van der Waals surface area contributed by atoms with Crippen molar-refractivity contribution in [3.8, 4) is 17.5 Å². The molecule has 0 aliphatic heterocycles. The highest BCUT2D eigenvalue weighted by molar-refractivity contribution is 6.02. The molecule has 2 aromatic rings. The van der Waals surface area contributed by atoms with Crippen molar-refractivity contribution in [2.24, 2.45) is 18.9 Å². The van der Waals surface area contributed by atoms with E-state index >= 15 is 0 Å². The molecule has 4 nitrogen and oxygen atoms in total. The topological polar surface area (TPSA) is 58.7 Å². The quantitative estimate of drug-likeness (QED) is 0.767. The van der Waals surface area contributed by atoms with Gasteiger partial charge in [0.2, 0.25) is 0 Å². The van der Waals surface area contributed by atoms with Crippen LogP contribution in [-0.4, -0.2) is 15.3 Å². The second-order valence-corrected chi connectivity index (χ2v) is 8.82. The van der Waals surface area contributed by atoms with Crippen LogP contribution in [0, 0.1) is 23.2 Å². The van der Waals surface area contributed by atoms with E-state index in [1.165, 1.54) is 11.3 Å². The molecule has 0 N–H and O–H groups in total. The molecule has 2 aliphatic rings. The van der Waals surface area contributed by atoms with Crippen molar-refractivity contribution in [1.82, 2.24) is 9.55 Å². The lowest BCUT2D eigenvalue weighted by Crippen LogP contribution is -2.45. The number of ketones is 1. The van der Waals surface area contributed by atoms with E-state index < -0.39 is 0 Å². The van der Waals surface area contributed by atoms with Gasteiger partial charge >= 0.3 is 0 Å². The largest absolute Gasteiger partial charge is 0.331 e. The van der Waals surface area contributed by atoms with Crippen LogP contribution in [0.1, 0.15) is 57.0 Å². The molecule has 0 bridgehead atoms. The number of Topliss-reactive ketones (excluding diaryl/α,β-unsaturated/α-hetero) is 1. The molecule has 0 radical (unpaired) electrons. The molecule has 2 aliphatic carbocycles. The third kappa shape index (κ3) is 2.57. The lowest BCUT2D eigenvalue weighted by atomic mass is 9.58. The monoisotopic (exact) mass is 373 g/mol. The van der Waals surface area contributed by atoms with Crippen LogP contribution in [0.2, 0.25) is 0 Å². The van der Waals surface area contributed by atoms with Crippen LogP contribution in [0.5, 0.6) is 0 Å². The molecule has 0 spiro atoms. The molecule has 144 valence electrons. The van der Waals surface area contributed by atoms with Crippen LogP contribution in [0.25, 0.3) is 11.4 Å². The number of fused-ring (bicyclic) bond motifs is 3. The van der Waals surface area contributed by atoms with Gasteiger partial charge in [0.1, 0.15) is 11.9 Å². The molecule has 1 heterocycles. The Kier molecular flexibility index (Phi) is 4.30. The molecular weight excluding hydrogens is 346 g/mol. The van der Waals surface area contributed by atoms with E-state index in [1.54, 1.807) is 0 Å². The summed E-state index contributed by atoms with van der Waals surface area (Å²) >= 11 is 0. The molecule has 0 saturated carbocycles. The number of rotatable bonds is 2. The number of benzene rings is 1. The number of allylic oxidation sites excluding steroid dienone is 2. The lowest BCUT2D eigenvalue weighted by Gasteiger charge is -2.44. The van der Waals surface area contributed by atoms with Crippen molar-refractivity contribution in [1.29, 1.82) is 5.26 Å². The second-order valence-electron chi connectivity index (χ2n) is 8.82. The number of imidazole rings is 1. The summed E-state index contributed by atoms with van der Waals surface area (Å²) in [4.78, 5) is 17.6. The number of hydrogen-bond donors (Lipinski definition) is 0. The standard InChI is InChI=1S/C24H27N3O/c1-14(2)16-6-8-17(9-7-16)23-26-22-20(27(23)5)11-10-19-15(3)21(28)18(13-25)12-24(19,22)4/h6-9,12,14-15,19H,10-11H2,1-5H3/t15-,19-,24?/m1/s1. The number of aromatic nitrogens is 2. The average molecular weight is 374 g/mol. The smallest absolute Gasteiger partial charge is 0.176 e. The molecule has 1 unspecified atom stereocenters. The summed E-state index contributed by atoms with van der Waals surface area (Å²) < 4.78 is 2.20. The molecule has 1 aromatic heterocycles. The number of nitriles is 1. The van der Waals surface area contributed by atoms with Crippen LogP contribution >= 0.6 is 0 Å². The first-order valence-corrected chi connectivity index (χ1v) is 10.1. The van der Waals surface area contributed by atoms with E-state index in [0.29, 0.717) is 5.92 Å². The van der Waals surface area contributed by atoms with E-state index in [-0.39, 0.29) is 28.6 Å². The number of carbonyl (C=O) groups is 1. The molecule has 4 heteroatoms. The van der Waals surface area contributed by atoms with Crippen molar-refractivity contribution in [3.05, 3.63) is 52.9 Å². The van der Waals surface area contributed by atoms with Gasteiger partial charge < -0.3 is 4.57 Å². The maximum Gasteiger partial charge on any atom is 0.176 e. The minimum Gasteiger partial charge on any atom is -0.331 e. The van der Waals surface area contributed by atoms with Crippen molar-refractivity contribution < 1.29 is 4.79 Å². The molecule has 0 fully saturated rings. The van der Waals surface area contributed by atoms with Crippen LogP contribution in [-0.2, 0) is 23.7 Å². The normalized spacial score (nSPS) is 26.5. The minimum absolute atomic E-state index is 0.0196. The number of carbonyl (C=O) groups excluding carboxylic acids is 1. The summed E-state index contributed by atoms with van der Waals surface area (Å²) in [5, 5.41) is 9.48. The highest BCUT2D eigenvalue weighted by atomic mass is 16.1. The molecular formula is C24H27N3O. The Hall–Kier alpha value is -2.67. The first-order valence-electron chi connectivity index (χ1n) is 10.1. The highest BCUT2D eigenvalue weighted by Gasteiger charge is 2.50. The fourth-order valence-corrected chi connectivity index (χ4v) is 5.12. The van der Waals surface area contributed by atoms with Gasteiger partial charge in [-0.25, -0.2) is 4.98 Å². The first kappa shape index (κ1) is 18.7. The van der Waals surface area contributed by atoms with Crippen molar-refractivity contribution in [2.75, 3.05) is 0 Å². The predicted molar refractivity (Wildman–Crippen MR) is 110 cm³/mol. The number of nitrogens with zero attached hydrogens (tertiary/aromatic N) is 3. The fraction of sp³-hybridized carbons (Fsp3) is 0.458. The second kappa shape index (κ2) is 6.44. The van der Waals surface area contributed by atoms with Crippen LogP contribution in [0.3, 0.4) is 0 Å². The van der Waals surface area contributed by atoms with E-state index in [2.05, 4.69) is 62.7 Å². The molecule has 0 saturated heterocycles. The Morgan fingerprint density at radius 2 is 1.96 bits per heavy atom. The van der Waals surface area contributed by atoms with E-state index in [0.717, 1.165) is 29.9 Å². The number of hydrogen-bond acceptors (Lipinski definition) is 3. The third-order valence-corrected chi connectivity index (χ3v) is 6.87. The molecule has 4 rings (SSSR count). The van der Waals surface area contributed by atoms with Gasteiger partial charge in [0.15, 0.2) is 5.78 Å². The highest BCUT2D eigenvalue weighted by Crippen LogP contribution is 2.50. The van der Waals surface area contributed by atoms with Crippen molar-refractivity contribution in [2.45, 2.75) is 51.9 Å². The van der Waals surface area contributed by atoms with Gasteiger partial charge in [-0.3, -0.25) is 4.79 Å². The molecule has 28 heavy (non-hydrogen) atoms. The summed E-state index contributed by atoms with van der Waals surface area (Å²) in [5.41, 5.74) is 4.58. The third-order valence-electron chi connectivity index (χ3n) is 6.87. The summed E-state index contributed by atoms with van der Waals surface area (Å²) in [6, 6.07) is 10.8. The Labute approximate surface area is 166 Å². The van der Waals surface area contributed by atoms with Gasteiger partial charge in [-0.15, -0.1) is 0 Å². The summed E-state index contributed by atoms with van der Waals surface area (Å²) in [7, 11) is 2.08.